The van der Waals surface area contributed by atoms with E-state index in [0.717, 1.165) is 53.6 Å². The average Bonchev–Trinajstić information content (AvgIpc) is 2.93. The quantitative estimate of drug-likeness (QED) is 0.348. The molecule has 0 spiro atoms. The maximum absolute atomic E-state index is 13.2. The second-order valence-corrected chi connectivity index (χ2v) is 6.61. The number of nitrogens with zero attached hydrogens (tertiary/aromatic N) is 2. The van der Waals surface area contributed by atoms with Gasteiger partial charge in [0.1, 0.15) is 11.6 Å². The van der Waals surface area contributed by atoms with Crippen LogP contribution in [-0.2, 0) is 6.42 Å². The number of aliphatic imine (C=N–C) groups is 1. The Morgan fingerprint density at radius 1 is 1.26 bits per heavy atom. The highest BCUT2D eigenvalue weighted by Gasteiger charge is 2.16. The van der Waals surface area contributed by atoms with Crippen molar-refractivity contribution in [2.24, 2.45) is 4.99 Å². The number of halogens is 2. The minimum atomic E-state index is -0.192. The normalized spacial score (nSPS) is 12.4. The summed E-state index contributed by atoms with van der Waals surface area (Å²) in [6.45, 7) is 12.2. The highest BCUT2D eigenvalue weighted by molar-refractivity contribution is 14.0. The van der Waals surface area contributed by atoms with E-state index in [1.807, 2.05) is 33.8 Å². The van der Waals surface area contributed by atoms with Gasteiger partial charge in [-0.3, -0.25) is 4.99 Å². The smallest absolute Gasteiger partial charge is 0.191 e. The molecule has 2 N–H and O–H groups in total. The maximum Gasteiger partial charge on any atom is 0.191 e. The number of rotatable bonds is 7. The Morgan fingerprint density at radius 3 is 2.59 bits per heavy atom. The number of guanidine groups is 1. The summed E-state index contributed by atoms with van der Waals surface area (Å²) in [5.74, 6) is 1.68. The Hall–Kier alpha value is -1.64. The summed E-state index contributed by atoms with van der Waals surface area (Å²) in [6.07, 6.45) is 0.815. The standard InChI is InChI=1S/C20H29FN4O.HI/c1-6-22-20(23-10-9-17-7-8-18(21)11-13(17)2)24-12-14(3)19-15(4)25-26-16(19)5;/h7-8,11,14H,6,9-10,12H2,1-5H3,(H2,22,23,24);1H. The van der Waals surface area contributed by atoms with Gasteiger partial charge in [0.2, 0.25) is 0 Å². The van der Waals surface area contributed by atoms with Gasteiger partial charge in [-0.1, -0.05) is 18.1 Å². The van der Waals surface area contributed by atoms with Crippen molar-refractivity contribution in [1.29, 1.82) is 0 Å². The van der Waals surface area contributed by atoms with Crippen molar-refractivity contribution in [2.45, 2.75) is 47.0 Å². The molecule has 1 aromatic heterocycles. The summed E-state index contributed by atoms with van der Waals surface area (Å²) in [5, 5.41) is 10.6. The van der Waals surface area contributed by atoms with Gasteiger partial charge in [0.05, 0.1) is 5.69 Å². The van der Waals surface area contributed by atoms with Crippen LogP contribution in [0, 0.1) is 26.6 Å². The number of aromatic nitrogens is 1. The number of hydrogen-bond acceptors (Lipinski definition) is 3. The van der Waals surface area contributed by atoms with Crippen LogP contribution in [0.1, 0.15) is 47.9 Å². The minimum absolute atomic E-state index is 0. The van der Waals surface area contributed by atoms with E-state index in [1.54, 1.807) is 6.07 Å². The molecule has 1 heterocycles. The molecule has 0 bridgehead atoms. The molecule has 150 valence electrons. The summed E-state index contributed by atoms with van der Waals surface area (Å²) in [7, 11) is 0. The third-order valence-corrected chi connectivity index (χ3v) is 4.44. The molecule has 2 aromatic rings. The first-order valence-electron chi connectivity index (χ1n) is 9.12. The molecule has 1 aromatic carbocycles. The van der Waals surface area contributed by atoms with Gasteiger partial charge in [-0.2, -0.15) is 0 Å². The van der Waals surface area contributed by atoms with E-state index >= 15 is 0 Å². The van der Waals surface area contributed by atoms with Crippen molar-refractivity contribution in [2.75, 3.05) is 19.6 Å². The molecule has 5 nitrogen and oxygen atoms in total. The van der Waals surface area contributed by atoms with Crippen molar-refractivity contribution >= 4 is 29.9 Å². The SMILES string of the molecule is CCNC(=NCC(C)c1c(C)noc1C)NCCc1ccc(F)cc1C.I. The molecule has 27 heavy (non-hydrogen) atoms. The second-order valence-electron chi connectivity index (χ2n) is 6.61. The van der Waals surface area contributed by atoms with Crippen molar-refractivity contribution < 1.29 is 8.91 Å². The third-order valence-electron chi connectivity index (χ3n) is 4.44. The van der Waals surface area contributed by atoms with E-state index in [-0.39, 0.29) is 35.7 Å². The van der Waals surface area contributed by atoms with Crippen LogP contribution in [0.15, 0.2) is 27.7 Å². The molecule has 7 heteroatoms. The molecule has 0 amide bonds. The molecular formula is C20H30FIN4O. The van der Waals surface area contributed by atoms with Gasteiger partial charge in [-0.25, -0.2) is 4.39 Å². The first kappa shape index (κ1) is 23.4. The number of benzene rings is 1. The molecule has 1 unspecified atom stereocenters. The van der Waals surface area contributed by atoms with Gasteiger partial charge < -0.3 is 15.2 Å². The van der Waals surface area contributed by atoms with Crippen LogP contribution in [0.25, 0.3) is 0 Å². The molecule has 1 atom stereocenters. The lowest BCUT2D eigenvalue weighted by molar-refractivity contribution is 0.391. The van der Waals surface area contributed by atoms with E-state index in [1.165, 1.54) is 6.07 Å². The number of nitrogens with one attached hydrogen (secondary N) is 2. The van der Waals surface area contributed by atoms with Gasteiger partial charge in [-0.05, 0) is 57.4 Å². The fraction of sp³-hybridized carbons (Fsp3) is 0.500. The van der Waals surface area contributed by atoms with E-state index in [4.69, 9.17) is 4.52 Å². The first-order chi connectivity index (χ1) is 12.4. The zero-order chi connectivity index (χ0) is 19.1. The fourth-order valence-corrected chi connectivity index (χ4v) is 3.11. The molecule has 0 aliphatic rings. The van der Waals surface area contributed by atoms with E-state index in [0.29, 0.717) is 6.54 Å². The second kappa shape index (κ2) is 11.3. The fourth-order valence-electron chi connectivity index (χ4n) is 3.11. The lowest BCUT2D eigenvalue weighted by atomic mass is 10.00. The van der Waals surface area contributed by atoms with Crippen LogP contribution in [0.2, 0.25) is 0 Å². The van der Waals surface area contributed by atoms with Crippen LogP contribution in [0.5, 0.6) is 0 Å². The van der Waals surface area contributed by atoms with Gasteiger partial charge in [0, 0.05) is 31.1 Å². The molecule has 2 rings (SSSR count). The molecular weight excluding hydrogens is 458 g/mol. The van der Waals surface area contributed by atoms with E-state index in [9.17, 15) is 4.39 Å². The topological polar surface area (TPSA) is 62.5 Å². The highest BCUT2D eigenvalue weighted by Crippen LogP contribution is 2.23. The zero-order valence-electron chi connectivity index (χ0n) is 16.7. The van der Waals surface area contributed by atoms with Crippen molar-refractivity contribution in [3.05, 3.63) is 52.2 Å². The predicted molar refractivity (Wildman–Crippen MR) is 119 cm³/mol. The van der Waals surface area contributed by atoms with E-state index < -0.39 is 0 Å². The Balaban J connectivity index is 0.00000364. The van der Waals surface area contributed by atoms with Gasteiger partial charge in [0.25, 0.3) is 0 Å². The molecule has 0 aliphatic carbocycles. The number of hydrogen-bond donors (Lipinski definition) is 2. The summed E-state index contributed by atoms with van der Waals surface area (Å²) in [5.41, 5.74) is 4.17. The van der Waals surface area contributed by atoms with Gasteiger partial charge >= 0.3 is 0 Å². The van der Waals surface area contributed by atoms with Crippen molar-refractivity contribution in [1.82, 2.24) is 15.8 Å². The Bertz CT molecular complexity index is 741. The summed E-state index contributed by atoms with van der Waals surface area (Å²) >= 11 is 0. The van der Waals surface area contributed by atoms with Crippen molar-refractivity contribution in [3.8, 4) is 0 Å². The summed E-state index contributed by atoms with van der Waals surface area (Å²) < 4.78 is 18.4. The average molecular weight is 488 g/mol. The zero-order valence-corrected chi connectivity index (χ0v) is 19.1. The minimum Gasteiger partial charge on any atom is -0.361 e. The van der Waals surface area contributed by atoms with Crippen LogP contribution in [0.3, 0.4) is 0 Å². The first-order valence-corrected chi connectivity index (χ1v) is 9.12. The molecule has 0 saturated heterocycles. The summed E-state index contributed by atoms with van der Waals surface area (Å²) in [6, 6.07) is 4.92. The monoisotopic (exact) mass is 488 g/mol. The van der Waals surface area contributed by atoms with Crippen LogP contribution < -0.4 is 10.6 Å². The van der Waals surface area contributed by atoms with Crippen LogP contribution in [-0.4, -0.2) is 30.8 Å². The maximum atomic E-state index is 13.2. The Labute approximate surface area is 178 Å². The Kier molecular flexibility index (Phi) is 9.76. The van der Waals surface area contributed by atoms with Crippen molar-refractivity contribution in [3.63, 3.8) is 0 Å². The molecule has 0 aliphatic heterocycles. The highest BCUT2D eigenvalue weighted by atomic mass is 127. The van der Waals surface area contributed by atoms with Crippen LogP contribution in [0.4, 0.5) is 4.39 Å². The number of aryl methyl sites for hydroxylation is 3. The lowest BCUT2D eigenvalue weighted by Crippen LogP contribution is -2.38. The lowest BCUT2D eigenvalue weighted by Gasteiger charge is -2.14. The predicted octanol–water partition coefficient (Wildman–Crippen LogP) is 4.26. The molecule has 0 saturated carbocycles. The third kappa shape index (κ3) is 6.79. The largest absolute Gasteiger partial charge is 0.361 e. The molecule has 0 fully saturated rings. The van der Waals surface area contributed by atoms with Gasteiger partial charge in [-0.15, -0.1) is 24.0 Å². The van der Waals surface area contributed by atoms with E-state index in [2.05, 4.69) is 27.7 Å². The summed E-state index contributed by atoms with van der Waals surface area (Å²) in [4.78, 5) is 4.68. The van der Waals surface area contributed by atoms with Crippen LogP contribution >= 0.6 is 24.0 Å². The molecule has 0 radical (unpaired) electrons. The van der Waals surface area contributed by atoms with Gasteiger partial charge in [0.15, 0.2) is 5.96 Å². The Morgan fingerprint density at radius 2 is 2.00 bits per heavy atom.